The molecule has 2 aromatic heterocycles. The molecule has 0 aliphatic carbocycles. The highest BCUT2D eigenvalue weighted by molar-refractivity contribution is 5.98. The molecule has 2 aromatic rings. The molecular formula is C14H16N6O2. The normalized spacial score (nSPS) is 13.6. The number of anilines is 2. The van der Waals surface area contributed by atoms with Crippen molar-refractivity contribution in [2.24, 2.45) is 0 Å². The summed E-state index contributed by atoms with van der Waals surface area (Å²) in [5, 5.41) is 2.90. The predicted molar refractivity (Wildman–Crippen MR) is 81.5 cm³/mol. The number of amides is 1. The quantitative estimate of drug-likeness (QED) is 0.718. The highest BCUT2D eigenvalue weighted by Crippen LogP contribution is 2.19. The van der Waals surface area contributed by atoms with Gasteiger partial charge in [-0.15, -0.1) is 0 Å². The van der Waals surface area contributed by atoms with E-state index >= 15 is 0 Å². The summed E-state index contributed by atoms with van der Waals surface area (Å²) in [7, 11) is 1.71. The number of nitrogens with one attached hydrogen (secondary N) is 2. The van der Waals surface area contributed by atoms with Gasteiger partial charge in [0.25, 0.3) is 11.5 Å². The molecule has 114 valence electrons. The molecule has 4 N–H and O–H groups in total. The second-order valence-corrected chi connectivity index (χ2v) is 5.00. The van der Waals surface area contributed by atoms with Gasteiger partial charge >= 0.3 is 0 Å². The fraction of sp³-hybridized carbons (Fsp3) is 0.286. The summed E-state index contributed by atoms with van der Waals surface area (Å²) in [6, 6.07) is 3.43. The fourth-order valence-electron chi connectivity index (χ4n) is 2.58. The number of carbonyl (C=O) groups excluding carboxylic acids is 1. The predicted octanol–water partition coefficient (Wildman–Crippen LogP) is -0.0127. The first-order valence-corrected chi connectivity index (χ1v) is 6.89. The second-order valence-electron chi connectivity index (χ2n) is 5.00. The fourth-order valence-corrected chi connectivity index (χ4v) is 2.58. The molecule has 8 nitrogen and oxygen atoms in total. The number of hydrogen-bond acceptors (Lipinski definition) is 6. The van der Waals surface area contributed by atoms with Crippen LogP contribution in [-0.2, 0) is 13.0 Å². The Morgan fingerprint density at radius 3 is 3.09 bits per heavy atom. The molecule has 0 atom stereocenters. The van der Waals surface area contributed by atoms with Crippen LogP contribution < -0.4 is 16.6 Å². The maximum absolute atomic E-state index is 12.7. The van der Waals surface area contributed by atoms with Gasteiger partial charge in [0.2, 0.25) is 5.95 Å². The molecule has 0 saturated carbocycles. The van der Waals surface area contributed by atoms with Crippen LogP contribution >= 0.6 is 0 Å². The van der Waals surface area contributed by atoms with E-state index < -0.39 is 0 Å². The first kappa shape index (κ1) is 14.1. The minimum Gasteiger partial charge on any atom is -0.372 e. The third-order valence-corrected chi connectivity index (χ3v) is 3.65. The molecule has 22 heavy (non-hydrogen) atoms. The Morgan fingerprint density at radius 2 is 2.32 bits per heavy atom. The number of nitrogen functional groups attached to an aromatic ring is 1. The van der Waals surface area contributed by atoms with Crippen LogP contribution in [0.2, 0.25) is 0 Å². The standard InChI is InChI=1S/C14H16N6O2/c1-16-11-9(3-2-5-17-11)13(22)20-6-4-8-10(7-20)18-14(15)19-12(8)21/h2-3,5H,4,6-7H2,1H3,(H,16,17)(H3,15,18,19,21). The van der Waals surface area contributed by atoms with Gasteiger partial charge < -0.3 is 16.0 Å². The summed E-state index contributed by atoms with van der Waals surface area (Å²) in [5.41, 5.74) is 6.98. The number of aromatic amines is 1. The van der Waals surface area contributed by atoms with Crippen molar-refractivity contribution in [3.8, 4) is 0 Å². The van der Waals surface area contributed by atoms with Crippen molar-refractivity contribution in [2.75, 3.05) is 24.6 Å². The number of nitrogens with zero attached hydrogens (tertiary/aromatic N) is 3. The van der Waals surface area contributed by atoms with Crippen molar-refractivity contribution in [1.82, 2.24) is 19.9 Å². The van der Waals surface area contributed by atoms with Gasteiger partial charge in [-0.25, -0.2) is 9.97 Å². The summed E-state index contributed by atoms with van der Waals surface area (Å²) in [4.78, 5) is 36.9. The SMILES string of the molecule is CNc1ncccc1C(=O)N1CCc2c(nc(N)[nH]c2=O)C1. The van der Waals surface area contributed by atoms with Gasteiger partial charge in [-0.3, -0.25) is 14.6 Å². The van der Waals surface area contributed by atoms with Crippen LogP contribution in [0.25, 0.3) is 0 Å². The highest BCUT2D eigenvalue weighted by atomic mass is 16.2. The lowest BCUT2D eigenvalue weighted by molar-refractivity contribution is 0.0732. The van der Waals surface area contributed by atoms with Crippen LogP contribution in [0.1, 0.15) is 21.6 Å². The van der Waals surface area contributed by atoms with E-state index in [2.05, 4.69) is 20.3 Å². The lowest BCUT2D eigenvalue weighted by Crippen LogP contribution is -2.39. The third-order valence-electron chi connectivity index (χ3n) is 3.65. The van der Waals surface area contributed by atoms with Crippen LogP contribution in [0.3, 0.4) is 0 Å². The van der Waals surface area contributed by atoms with E-state index in [-0.39, 0.29) is 24.0 Å². The van der Waals surface area contributed by atoms with E-state index in [0.717, 1.165) is 0 Å². The molecule has 1 amide bonds. The maximum Gasteiger partial charge on any atom is 0.257 e. The van der Waals surface area contributed by atoms with E-state index in [0.29, 0.717) is 35.6 Å². The summed E-state index contributed by atoms with van der Waals surface area (Å²) in [6.07, 6.45) is 2.08. The Balaban J connectivity index is 1.91. The Hall–Kier alpha value is -2.90. The van der Waals surface area contributed by atoms with Gasteiger partial charge in [-0.2, -0.15) is 0 Å². The maximum atomic E-state index is 12.7. The van der Waals surface area contributed by atoms with Crippen molar-refractivity contribution < 1.29 is 4.79 Å². The van der Waals surface area contributed by atoms with Crippen LogP contribution in [0.5, 0.6) is 0 Å². The number of fused-ring (bicyclic) bond motifs is 1. The largest absolute Gasteiger partial charge is 0.372 e. The molecule has 3 rings (SSSR count). The summed E-state index contributed by atoms with van der Waals surface area (Å²) in [5.74, 6) is 0.441. The Labute approximate surface area is 126 Å². The molecule has 0 bridgehead atoms. The zero-order chi connectivity index (χ0) is 15.7. The van der Waals surface area contributed by atoms with Crippen LogP contribution in [0.4, 0.5) is 11.8 Å². The summed E-state index contributed by atoms with van der Waals surface area (Å²) in [6.45, 7) is 0.721. The van der Waals surface area contributed by atoms with E-state index in [1.165, 1.54) is 0 Å². The number of H-pyrrole nitrogens is 1. The van der Waals surface area contributed by atoms with Crippen molar-refractivity contribution in [3.05, 3.63) is 45.5 Å². The Kier molecular flexibility index (Phi) is 3.50. The molecule has 0 fully saturated rings. The molecule has 3 heterocycles. The van der Waals surface area contributed by atoms with Gasteiger partial charge in [-0.1, -0.05) is 0 Å². The average molecular weight is 300 g/mol. The molecule has 0 saturated heterocycles. The second kappa shape index (κ2) is 5.47. The number of carbonyl (C=O) groups is 1. The summed E-state index contributed by atoms with van der Waals surface area (Å²) >= 11 is 0. The minimum absolute atomic E-state index is 0.0651. The van der Waals surface area contributed by atoms with Crippen molar-refractivity contribution in [3.63, 3.8) is 0 Å². The van der Waals surface area contributed by atoms with Gasteiger partial charge in [-0.05, 0) is 18.6 Å². The van der Waals surface area contributed by atoms with Crippen LogP contribution in [0.15, 0.2) is 23.1 Å². The first-order valence-electron chi connectivity index (χ1n) is 6.89. The topological polar surface area (TPSA) is 117 Å². The molecule has 0 aromatic carbocycles. The summed E-state index contributed by atoms with van der Waals surface area (Å²) < 4.78 is 0. The molecule has 0 radical (unpaired) electrons. The molecular weight excluding hydrogens is 284 g/mol. The number of nitrogens with two attached hydrogens (primary N) is 1. The minimum atomic E-state index is -0.230. The van der Waals surface area contributed by atoms with E-state index in [4.69, 9.17) is 5.73 Å². The lowest BCUT2D eigenvalue weighted by Gasteiger charge is -2.28. The third kappa shape index (κ3) is 2.39. The Morgan fingerprint density at radius 1 is 1.50 bits per heavy atom. The van der Waals surface area contributed by atoms with Gasteiger partial charge in [0.1, 0.15) is 5.82 Å². The smallest absolute Gasteiger partial charge is 0.257 e. The molecule has 1 aliphatic heterocycles. The number of aromatic nitrogens is 3. The van der Waals surface area contributed by atoms with Crippen LogP contribution in [0, 0.1) is 0 Å². The van der Waals surface area contributed by atoms with E-state index in [9.17, 15) is 9.59 Å². The zero-order valence-corrected chi connectivity index (χ0v) is 12.1. The number of pyridine rings is 1. The zero-order valence-electron chi connectivity index (χ0n) is 12.1. The van der Waals surface area contributed by atoms with Crippen molar-refractivity contribution >= 4 is 17.7 Å². The Bertz CT molecular complexity index is 785. The average Bonchev–Trinajstić information content (AvgIpc) is 2.53. The van der Waals surface area contributed by atoms with E-state index in [1.807, 2.05) is 0 Å². The molecule has 8 heteroatoms. The molecule has 0 spiro atoms. The number of rotatable bonds is 2. The van der Waals surface area contributed by atoms with Crippen LogP contribution in [-0.4, -0.2) is 39.4 Å². The lowest BCUT2D eigenvalue weighted by atomic mass is 10.1. The van der Waals surface area contributed by atoms with Gasteiger partial charge in [0.05, 0.1) is 17.8 Å². The van der Waals surface area contributed by atoms with Gasteiger partial charge in [0.15, 0.2) is 0 Å². The van der Waals surface area contributed by atoms with Gasteiger partial charge in [0, 0.05) is 25.4 Å². The number of hydrogen-bond donors (Lipinski definition) is 3. The first-order chi connectivity index (χ1) is 10.6. The monoisotopic (exact) mass is 300 g/mol. The van der Waals surface area contributed by atoms with Crippen molar-refractivity contribution in [1.29, 1.82) is 0 Å². The van der Waals surface area contributed by atoms with E-state index in [1.54, 1.807) is 30.3 Å². The van der Waals surface area contributed by atoms with Crippen molar-refractivity contribution in [2.45, 2.75) is 13.0 Å². The molecule has 1 aliphatic rings. The highest BCUT2D eigenvalue weighted by Gasteiger charge is 2.26. The molecule has 0 unspecified atom stereocenters.